The smallest absolute Gasteiger partial charge is 0.241 e. The molecule has 1 aliphatic heterocycles. The summed E-state index contributed by atoms with van der Waals surface area (Å²) in [6, 6.07) is 10.0. The molecule has 7 heteroatoms. The Kier molecular flexibility index (Phi) is 3.30. The van der Waals surface area contributed by atoms with Crippen molar-refractivity contribution in [1.82, 2.24) is 4.72 Å². The zero-order valence-corrected chi connectivity index (χ0v) is 11.7. The van der Waals surface area contributed by atoms with E-state index in [2.05, 4.69) is 4.72 Å². The average Bonchev–Trinajstić information content (AvgIpc) is 2.85. The molecule has 110 valence electrons. The molecule has 0 aromatic heterocycles. The molecule has 0 bridgehead atoms. The second-order valence-corrected chi connectivity index (χ2v) is 6.42. The summed E-state index contributed by atoms with van der Waals surface area (Å²) in [5.74, 6) is 0.00677. The van der Waals surface area contributed by atoms with E-state index in [0.29, 0.717) is 5.75 Å². The van der Waals surface area contributed by atoms with Crippen LogP contribution in [0.4, 0.5) is 10.1 Å². The molecule has 3 N–H and O–H groups in total. The first-order valence-corrected chi connectivity index (χ1v) is 7.75. The number of sulfonamides is 1. The molecule has 1 unspecified atom stereocenters. The Bertz CT molecular complexity index is 793. The van der Waals surface area contributed by atoms with Crippen LogP contribution in [0.3, 0.4) is 0 Å². The van der Waals surface area contributed by atoms with E-state index < -0.39 is 21.9 Å². The fraction of sp³-hybridized carbons (Fsp3) is 0.143. The highest BCUT2D eigenvalue weighted by molar-refractivity contribution is 7.89. The van der Waals surface area contributed by atoms with Gasteiger partial charge in [0.05, 0.1) is 16.6 Å². The number of rotatable bonds is 3. The average molecular weight is 308 g/mol. The van der Waals surface area contributed by atoms with Crippen LogP contribution in [0.25, 0.3) is 0 Å². The Morgan fingerprint density at radius 2 is 2.00 bits per heavy atom. The second kappa shape index (κ2) is 5.01. The zero-order chi connectivity index (χ0) is 15.0. The largest absolute Gasteiger partial charge is 0.491 e. The molecule has 0 amide bonds. The monoisotopic (exact) mass is 308 g/mol. The van der Waals surface area contributed by atoms with Crippen molar-refractivity contribution in [3.8, 4) is 5.75 Å². The van der Waals surface area contributed by atoms with Crippen LogP contribution < -0.4 is 15.2 Å². The molecule has 0 fully saturated rings. The van der Waals surface area contributed by atoms with E-state index in [4.69, 9.17) is 10.5 Å². The van der Waals surface area contributed by atoms with Gasteiger partial charge in [-0.2, -0.15) is 0 Å². The lowest BCUT2D eigenvalue weighted by atomic mass is 10.1. The van der Waals surface area contributed by atoms with Crippen molar-refractivity contribution in [3.63, 3.8) is 0 Å². The maximum atomic E-state index is 13.1. The summed E-state index contributed by atoms with van der Waals surface area (Å²) in [5, 5.41) is 0. The number of nitrogen functional groups attached to an aromatic ring is 1. The van der Waals surface area contributed by atoms with Crippen LogP contribution in [-0.2, 0) is 10.0 Å². The van der Waals surface area contributed by atoms with E-state index in [1.54, 1.807) is 12.1 Å². The van der Waals surface area contributed by atoms with Gasteiger partial charge in [0, 0.05) is 5.56 Å². The lowest BCUT2D eigenvalue weighted by Gasteiger charge is -2.12. The Labute approximate surface area is 121 Å². The molecule has 3 rings (SSSR count). The Morgan fingerprint density at radius 1 is 1.24 bits per heavy atom. The highest BCUT2D eigenvalue weighted by atomic mass is 32.2. The molecular formula is C14H13FN2O3S. The van der Waals surface area contributed by atoms with E-state index >= 15 is 0 Å². The normalized spacial score (nSPS) is 17.3. The SMILES string of the molecule is Nc1cc(S(=O)(=O)NC2COc3ccccc32)ccc1F. The van der Waals surface area contributed by atoms with Crippen molar-refractivity contribution < 1.29 is 17.5 Å². The van der Waals surface area contributed by atoms with Crippen LogP contribution in [0.15, 0.2) is 47.4 Å². The number of fused-ring (bicyclic) bond motifs is 1. The summed E-state index contributed by atoms with van der Waals surface area (Å²) in [7, 11) is -3.80. The van der Waals surface area contributed by atoms with Gasteiger partial charge in [-0.3, -0.25) is 0 Å². The van der Waals surface area contributed by atoms with Crippen molar-refractivity contribution in [2.24, 2.45) is 0 Å². The van der Waals surface area contributed by atoms with E-state index in [0.717, 1.165) is 17.7 Å². The summed E-state index contributed by atoms with van der Waals surface area (Å²) >= 11 is 0. The maximum absolute atomic E-state index is 13.1. The number of nitrogens with one attached hydrogen (secondary N) is 1. The number of para-hydroxylation sites is 1. The molecule has 1 atom stereocenters. The third kappa shape index (κ3) is 2.57. The first-order chi connectivity index (χ1) is 9.97. The Morgan fingerprint density at radius 3 is 2.76 bits per heavy atom. The van der Waals surface area contributed by atoms with E-state index in [-0.39, 0.29) is 17.2 Å². The minimum Gasteiger partial charge on any atom is -0.491 e. The summed E-state index contributed by atoms with van der Waals surface area (Å²) < 4.78 is 45.7. The molecule has 0 saturated carbocycles. The van der Waals surface area contributed by atoms with Crippen LogP contribution in [0.2, 0.25) is 0 Å². The van der Waals surface area contributed by atoms with Crippen LogP contribution >= 0.6 is 0 Å². The number of nitrogens with two attached hydrogens (primary N) is 1. The number of hydrogen-bond acceptors (Lipinski definition) is 4. The maximum Gasteiger partial charge on any atom is 0.241 e. The fourth-order valence-electron chi connectivity index (χ4n) is 2.20. The summed E-state index contributed by atoms with van der Waals surface area (Å²) in [6.07, 6.45) is 0. The summed E-state index contributed by atoms with van der Waals surface area (Å²) in [6.45, 7) is 0.218. The molecular weight excluding hydrogens is 295 g/mol. The van der Waals surface area contributed by atoms with Gasteiger partial charge in [0.2, 0.25) is 10.0 Å². The van der Waals surface area contributed by atoms with Gasteiger partial charge in [-0.1, -0.05) is 18.2 Å². The van der Waals surface area contributed by atoms with E-state index in [1.807, 2.05) is 12.1 Å². The second-order valence-electron chi connectivity index (χ2n) is 4.71. The highest BCUT2D eigenvalue weighted by Crippen LogP contribution is 2.32. The molecule has 5 nitrogen and oxygen atoms in total. The lowest BCUT2D eigenvalue weighted by molar-refractivity contribution is 0.325. The third-order valence-corrected chi connectivity index (χ3v) is 4.74. The number of hydrogen-bond donors (Lipinski definition) is 2. The molecule has 0 spiro atoms. The standard InChI is InChI=1S/C14H13FN2O3S/c15-11-6-5-9(7-12(11)16)21(18,19)17-13-8-20-14-4-2-1-3-10(13)14/h1-7,13,17H,8,16H2. The van der Waals surface area contributed by atoms with Gasteiger partial charge in [-0.15, -0.1) is 0 Å². The number of halogens is 1. The van der Waals surface area contributed by atoms with Crippen LogP contribution in [0.1, 0.15) is 11.6 Å². The van der Waals surface area contributed by atoms with Crippen molar-refractivity contribution in [1.29, 1.82) is 0 Å². The lowest BCUT2D eigenvalue weighted by Crippen LogP contribution is -2.29. The quantitative estimate of drug-likeness (QED) is 0.848. The van der Waals surface area contributed by atoms with Gasteiger partial charge >= 0.3 is 0 Å². The van der Waals surface area contributed by atoms with Gasteiger partial charge in [-0.25, -0.2) is 17.5 Å². The molecule has 0 radical (unpaired) electrons. The van der Waals surface area contributed by atoms with Gasteiger partial charge < -0.3 is 10.5 Å². The minimum absolute atomic E-state index is 0.0780. The summed E-state index contributed by atoms with van der Waals surface area (Å²) in [5.41, 5.74) is 5.98. The third-order valence-electron chi connectivity index (χ3n) is 3.28. The first-order valence-electron chi connectivity index (χ1n) is 6.26. The Balaban J connectivity index is 1.89. The molecule has 0 saturated heterocycles. The van der Waals surface area contributed by atoms with Crippen molar-refractivity contribution in [3.05, 3.63) is 53.8 Å². The minimum atomic E-state index is -3.80. The number of anilines is 1. The molecule has 0 aliphatic carbocycles. The van der Waals surface area contributed by atoms with Crippen LogP contribution in [-0.4, -0.2) is 15.0 Å². The molecule has 2 aromatic carbocycles. The van der Waals surface area contributed by atoms with E-state index in [1.165, 1.54) is 6.07 Å². The topological polar surface area (TPSA) is 81.4 Å². The number of ether oxygens (including phenoxy) is 1. The van der Waals surface area contributed by atoms with Gasteiger partial charge in [0.25, 0.3) is 0 Å². The molecule has 21 heavy (non-hydrogen) atoms. The predicted octanol–water partition coefficient (Wildman–Crippen LogP) is 1.82. The van der Waals surface area contributed by atoms with Crippen molar-refractivity contribution >= 4 is 15.7 Å². The number of benzene rings is 2. The molecule has 1 heterocycles. The van der Waals surface area contributed by atoms with Gasteiger partial charge in [-0.05, 0) is 24.3 Å². The molecule has 1 aliphatic rings. The highest BCUT2D eigenvalue weighted by Gasteiger charge is 2.28. The predicted molar refractivity (Wildman–Crippen MR) is 75.8 cm³/mol. The van der Waals surface area contributed by atoms with E-state index in [9.17, 15) is 12.8 Å². The van der Waals surface area contributed by atoms with Crippen molar-refractivity contribution in [2.45, 2.75) is 10.9 Å². The Hall–Kier alpha value is -2.12. The van der Waals surface area contributed by atoms with Gasteiger partial charge in [0.1, 0.15) is 18.2 Å². The van der Waals surface area contributed by atoms with Crippen molar-refractivity contribution in [2.75, 3.05) is 12.3 Å². The summed E-state index contributed by atoms with van der Waals surface area (Å²) in [4.78, 5) is -0.0780. The van der Waals surface area contributed by atoms with Gasteiger partial charge in [0.15, 0.2) is 0 Å². The van der Waals surface area contributed by atoms with Crippen LogP contribution in [0, 0.1) is 5.82 Å². The zero-order valence-electron chi connectivity index (χ0n) is 10.9. The molecule has 2 aromatic rings. The fourth-order valence-corrected chi connectivity index (χ4v) is 3.44. The van der Waals surface area contributed by atoms with Crippen LogP contribution in [0.5, 0.6) is 5.75 Å². The first kappa shape index (κ1) is 13.8.